The molecule has 10 nitrogen and oxygen atoms in total. The third-order valence-electron chi connectivity index (χ3n) is 5.85. The van der Waals surface area contributed by atoms with Crippen LogP contribution in [-0.2, 0) is 18.4 Å². The molecular formula is C26H23N7O3. The maximum Gasteiger partial charge on any atom is 0.263 e. The Balaban J connectivity index is 1.23. The second-order valence-electron chi connectivity index (χ2n) is 8.29. The first-order valence-electron chi connectivity index (χ1n) is 11.2. The van der Waals surface area contributed by atoms with E-state index in [4.69, 9.17) is 0 Å². The first-order valence-corrected chi connectivity index (χ1v) is 11.2. The number of carbonyl (C=O) groups excluding carboxylic acids is 2. The number of hydrogen-bond acceptors (Lipinski definition) is 5. The number of carbonyl (C=O) groups is 2. The van der Waals surface area contributed by atoms with Crippen molar-refractivity contribution in [3.05, 3.63) is 106 Å². The molecule has 0 aliphatic carbocycles. The van der Waals surface area contributed by atoms with Crippen LogP contribution < -0.4 is 16.2 Å². The Kier molecular flexibility index (Phi) is 6.14. The number of imidazole rings is 2. The Hall–Kier alpha value is -4.99. The van der Waals surface area contributed by atoms with Crippen LogP contribution in [0.1, 0.15) is 32.9 Å². The van der Waals surface area contributed by atoms with Crippen molar-refractivity contribution in [1.29, 1.82) is 0 Å². The summed E-state index contributed by atoms with van der Waals surface area (Å²) in [6.45, 7) is 0.563. The molecule has 1 aliphatic rings. The van der Waals surface area contributed by atoms with Gasteiger partial charge in [-0.3, -0.25) is 14.4 Å². The molecule has 0 bridgehead atoms. The Morgan fingerprint density at radius 2 is 2.06 bits per heavy atom. The predicted octanol–water partition coefficient (Wildman–Crippen LogP) is 2.29. The van der Waals surface area contributed by atoms with Crippen molar-refractivity contribution in [3.8, 4) is 0 Å². The van der Waals surface area contributed by atoms with Gasteiger partial charge in [-0.1, -0.05) is 24.3 Å². The number of amides is 2. The fourth-order valence-electron chi connectivity index (χ4n) is 3.95. The average Bonchev–Trinajstić information content (AvgIpc) is 3.60. The summed E-state index contributed by atoms with van der Waals surface area (Å²) in [5.74, 6) is -0.622. The molecule has 36 heavy (non-hydrogen) atoms. The van der Waals surface area contributed by atoms with Gasteiger partial charge in [0.2, 0.25) is 0 Å². The number of benzene rings is 1. The standard InChI is InChI=1S/C26H23N7O3/c1-32-16-28-13-19(32)14-33-9-3-5-21(26(33)36)24(34)29-8-2-4-17-6-7-20-22(11-18-12-27-15-30-18)25(35)31-23(20)10-17/h2-7,9-13,15-16H,8,14H2,1H3,(H,27,30)(H,29,34)(H,31,35)/b4-2+,22-11+. The lowest BCUT2D eigenvalue weighted by molar-refractivity contribution is -0.110. The molecular weight excluding hydrogens is 458 g/mol. The first kappa shape index (κ1) is 22.8. The first-order chi connectivity index (χ1) is 17.5. The van der Waals surface area contributed by atoms with Gasteiger partial charge in [-0.2, -0.15) is 0 Å². The number of pyridine rings is 1. The van der Waals surface area contributed by atoms with Gasteiger partial charge in [0.25, 0.3) is 17.4 Å². The van der Waals surface area contributed by atoms with Gasteiger partial charge in [0, 0.05) is 37.2 Å². The van der Waals surface area contributed by atoms with Crippen LogP contribution in [0.3, 0.4) is 0 Å². The largest absolute Gasteiger partial charge is 0.348 e. The number of fused-ring (bicyclic) bond motifs is 1. The third kappa shape index (κ3) is 4.64. The molecule has 1 aliphatic heterocycles. The van der Waals surface area contributed by atoms with E-state index in [0.29, 0.717) is 12.1 Å². The van der Waals surface area contributed by atoms with Gasteiger partial charge < -0.3 is 24.8 Å². The number of nitrogens with one attached hydrogen (secondary N) is 3. The summed E-state index contributed by atoms with van der Waals surface area (Å²) in [5, 5.41) is 5.63. The van der Waals surface area contributed by atoms with Crippen molar-refractivity contribution in [3.63, 3.8) is 0 Å². The number of aryl methyl sites for hydroxylation is 1. The van der Waals surface area contributed by atoms with Crippen LogP contribution in [0.2, 0.25) is 0 Å². The van der Waals surface area contributed by atoms with Crippen molar-refractivity contribution in [2.24, 2.45) is 7.05 Å². The molecule has 0 radical (unpaired) electrons. The molecule has 2 amide bonds. The van der Waals surface area contributed by atoms with Crippen molar-refractivity contribution in [2.45, 2.75) is 6.54 Å². The molecule has 4 heterocycles. The number of anilines is 1. The highest BCUT2D eigenvalue weighted by Gasteiger charge is 2.24. The van der Waals surface area contributed by atoms with Crippen LogP contribution in [0.4, 0.5) is 5.69 Å². The van der Waals surface area contributed by atoms with Gasteiger partial charge in [-0.15, -0.1) is 0 Å². The van der Waals surface area contributed by atoms with Crippen LogP contribution in [0.15, 0.2) is 72.4 Å². The van der Waals surface area contributed by atoms with Gasteiger partial charge in [-0.25, -0.2) is 9.97 Å². The molecule has 0 saturated carbocycles. The fraction of sp³-hybridized carbons (Fsp3) is 0.115. The summed E-state index contributed by atoms with van der Waals surface area (Å²) >= 11 is 0. The smallest absolute Gasteiger partial charge is 0.263 e. The Morgan fingerprint density at radius 1 is 1.17 bits per heavy atom. The van der Waals surface area contributed by atoms with Gasteiger partial charge in [0.1, 0.15) is 5.56 Å². The molecule has 0 fully saturated rings. The van der Waals surface area contributed by atoms with E-state index in [2.05, 4.69) is 25.6 Å². The summed E-state index contributed by atoms with van der Waals surface area (Å²) in [4.78, 5) is 48.8. The highest BCUT2D eigenvalue weighted by Crippen LogP contribution is 2.33. The topological polar surface area (TPSA) is 127 Å². The molecule has 4 aromatic rings. The van der Waals surface area contributed by atoms with E-state index in [1.165, 1.54) is 10.6 Å². The zero-order chi connectivity index (χ0) is 25.1. The lowest BCUT2D eigenvalue weighted by atomic mass is 10.0. The summed E-state index contributed by atoms with van der Waals surface area (Å²) in [5.41, 5.74) is 4.26. The zero-order valence-corrected chi connectivity index (χ0v) is 19.4. The average molecular weight is 482 g/mol. The van der Waals surface area contributed by atoms with E-state index in [1.54, 1.807) is 49.5 Å². The van der Waals surface area contributed by atoms with Gasteiger partial charge in [0.05, 0.1) is 42.4 Å². The SMILES string of the molecule is Cn1cncc1Cn1cccc(C(=O)NC/C=C/c2ccc3c(c2)NC(=O)/C3=C/c2cnc[nH]2)c1=O. The van der Waals surface area contributed by atoms with Gasteiger partial charge in [0.15, 0.2) is 0 Å². The van der Waals surface area contributed by atoms with Gasteiger partial charge >= 0.3 is 0 Å². The quantitative estimate of drug-likeness (QED) is 0.349. The predicted molar refractivity (Wildman–Crippen MR) is 136 cm³/mol. The number of aromatic amines is 1. The van der Waals surface area contributed by atoms with Crippen molar-refractivity contribution < 1.29 is 9.59 Å². The van der Waals surface area contributed by atoms with E-state index in [-0.39, 0.29) is 23.6 Å². The van der Waals surface area contributed by atoms with E-state index in [9.17, 15) is 14.4 Å². The second-order valence-corrected chi connectivity index (χ2v) is 8.29. The molecule has 3 N–H and O–H groups in total. The lowest BCUT2D eigenvalue weighted by Crippen LogP contribution is -2.33. The molecule has 3 aromatic heterocycles. The van der Waals surface area contributed by atoms with Gasteiger partial charge in [-0.05, 0) is 29.8 Å². The number of nitrogens with zero attached hydrogens (tertiary/aromatic N) is 4. The van der Waals surface area contributed by atoms with Crippen LogP contribution in [0.5, 0.6) is 0 Å². The molecule has 180 valence electrons. The minimum atomic E-state index is -0.446. The molecule has 0 saturated heterocycles. The van der Waals surface area contributed by atoms with E-state index in [0.717, 1.165) is 28.2 Å². The summed E-state index contributed by atoms with van der Waals surface area (Å²) in [6, 6.07) is 8.83. The summed E-state index contributed by atoms with van der Waals surface area (Å²) in [7, 11) is 1.85. The molecule has 1 aromatic carbocycles. The maximum atomic E-state index is 12.8. The maximum absolute atomic E-state index is 12.8. The highest BCUT2D eigenvalue weighted by molar-refractivity contribution is 6.34. The van der Waals surface area contributed by atoms with Crippen LogP contribution >= 0.6 is 0 Å². The van der Waals surface area contributed by atoms with Crippen LogP contribution in [-0.4, -0.2) is 42.4 Å². The van der Waals surface area contributed by atoms with Crippen molar-refractivity contribution in [1.82, 2.24) is 29.4 Å². The monoisotopic (exact) mass is 481 g/mol. The number of H-pyrrole nitrogens is 1. The molecule has 0 spiro atoms. The van der Waals surface area contributed by atoms with Crippen molar-refractivity contribution >= 4 is 35.2 Å². The third-order valence-corrected chi connectivity index (χ3v) is 5.85. The number of hydrogen-bond donors (Lipinski definition) is 3. The summed E-state index contributed by atoms with van der Waals surface area (Å²) in [6.07, 6.45) is 13.6. The molecule has 5 rings (SSSR count). The molecule has 0 unspecified atom stereocenters. The molecule has 10 heteroatoms. The van der Waals surface area contributed by atoms with E-state index < -0.39 is 5.91 Å². The van der Waals surface area contributed by atoms with E-state index >= 15 is 0 Å². The summed E-state index contributed by atoms with van der Waals surface area (Å²) < 4.78 is 3.31. The Morgan fingerprint density at radius 3 is 2.83 bits per heavy atom. The zero-order valence-electron chi connectivity index (χ0n) is 19.4. The number of aromatic nitrogens is 5. The second kappa shape index (κ2) is 9.71. The number of rotatable bonds is 7. The minimum absolute atomic E-state index is 0.0740. The normalized spacial score (nSPS) is 13.8. The Labute approximate surface area is 206 Å². The lowest BCUT2D eigenvalue weighted by Gasteiger charge is -2.08. The Bertz CT molecular complexity index is 1560. The van der Waals surface area contributed by atoms with Crippen LogP contribution in [0, 0.1) is 0 Å². The van der Waals surface area contributed by atoms with Crippen LogP contribution in [0.25, 0.3) is 17.7 Å². The fourth-order valence-corrected chi connectivity index (χ4v) is 3.95. The highest BCUT2D eigenvalue weighted by atomic mass is 16.2. The molecule has 0 atom stereocenters. The minimum Gasteiger partial charge on any atom is -0.348 e. The van der Waals surface area contributed by atoms with E-state index in [1.807, 2.05) is 35.9 Å². The van der Waals surface area contributed by atoms with Crippen molar-refractivity contribution in [2.75, 3.05) is 11.9 Å².